The fourth-order valence-electron chi connectivity index (χ4n) is 0.879. The van der Waals surface area contributed by atoms with Gasteiger partial charge in [0.15, 0.2) is 0 Å². The zero-order valence-electron chi connectivity index (χ0n) is 6.37. The first kappa shape index (κ1) is 7.88. The SMILES string of the molecule is COc1cc(O)cc(CN)c1. The van der Waals surface area contributed by atoms with Crippen LogP contribution in [0.1, 0.15) is 5.56 Å². The van der Waals surface area contributed by atoms with Crippen LogP contribution in [0.2, 0.25) is 0 Å². The van der Waals surface area contributed by atoms with Crippen molar-refractivity contribution >= 4 is 0 Å². The molecule has 0 aliphatic carbocycles. The molecule has 0 aliphatic heterocycles. The van der Waals surface area contributed by atoms with Gasteiger partial charge in [-0.15, -0.1) is 0 Å². The zero-order chi connectivity index (χ0) is 8.27. The Morgan fingerprint density at radius 1 is 1.45 bits per heavy atom. The van der Waals surface area contributed by atoms with E-state index in [2.05, 4.69) is 0 Å². The first-order chi connectivity index (χ1) is 5.26. The standard InChI is InChI=1S/C8H11NO2/c1-11-8-3-6(5-9)2-7(10)4-8/h2-4,10H,5,9H2,1H3. The van der Waals surface area contributed by atoms with E-state index in [1.807, 2.05) is 0 Å². The summed E-state index contributed by atoms with van der Waals surface area (Å²) >= 11 is 0. The van der Waals surface area contributed by atoms with Crippen LogP contribution < -0.4 is 10.5 Å². The normalized spacial score (nSPS) is 9.64. The van der Waals surface area contributed by atoms with Gasteiger partial charge in [-0.1, -0.05) is 0 Å². The third-order valence-corrected chi connectivity index (χ3v) is 1.42. The van der Waals surface area contributed by atoms with Crippen LogP contribution in [0.15, 0.2) is 18.2 Å². The molecule has 0 saturated carbocycles. The minimum Gasteiger partial charge on any atom is -0.508 e. The lowest BCUT2D eigenvalue weighted by atomic mass is 10.2. The molecule has 0 heterocycles. The van der Waals surface area contributed by atoms with Gasteiger partial charge in [-0.25, -0.2) is 0 Å². The maximum Gasteiger partial charge on any atom is 0.122 e. The smallest absolute Gasteiger partial charge is 0.122 e. The summed E-state index contributed by atoms with van der Waals surface area (Å²) in [5.41, 5.74) is 6.24. The molecule has 3 N–H and O–H groups in total. The highest BCUT2D eigenvalue weighted by Gasteiger charge is 1.97. The molecule has 0 aliphatic rings. The van der Waals surface area contributed by atoms with E-state index in [1.165, 1.54) is 0 Å². The molecule has 1 rings (SSSR count). The van der Waals surface area contributed by atoms with Gasteiger partial charge < -0.3 is 15.6 Å². The summed E-state index contributed by atoms with van der Waals surface area (Å²) in [7, 11) is 1.55. The van der Waals surface area contributed by atoms with Crippen molar-refractivity contribution in [3.05, 3.63) is 23.8 Å². The lowest BCUT2D eigenvalue weighted by molar-refractivity contribution is 0.407. The minimum absolute atomic E-state index is 0.185. The molecule has 1 aromatic carbocycles. The van der Waals surface area contributed by atoms with Crippen molar-refractivity contribution in [1.82, 2.24) is 0 Å². The van der Waals surface area contributed by atoms with E-state index in [0.717, 1.165) is 5.56 Å². The molecule has 0 atom stereocenters. The van der Waals surface area contributed by atoms with Crippen molar-refractivity contribution in [2.24, 2.45) is 5.73 Å². The van der Waals surface area contributed by atoms with Crippen molar-refractivity contribution in [2.75, 3.05) is 7.11 Å². The van der Waals surface area contributed by atoms with Crippen LogP contribution in [0.3, 0.4) is 0 Å². The van der Waals surface area contributed by atoms with E-state index in [4.69, 9.17) is 15.6 Å². The fraction of sp³-hybridized carbons (Fsp3) is 0.250. The van der Waals surface area contributed by atoms with E-state index in [9.17, 15) is 0 Å². The van der Waals surface area contributed by atoms with Crippen LogP contribution in [0.4, 0.5) is 0 Å². The Morgan fingerprint density at radius 2 is 2.18 bits per heavy atom. The van der Waals surface area contributed by atoms with Gasteiger partial charge in [0, 0.05) is 12.6 Å². The van der Waals surface area contributed by atoms with Crippen LogP contribution in [0.25, 0.3) is 0 Å². The minimum atomic E-state index is 0.185. The van der Waals surface area contributed by atoms with Gasteiger partial charge in [0.2, 0.25) is 0 Å². The Morgan fingerprint density at radius 3 is 2.73 bits per heavy atom. The molecule has 0 fully saturated rings. The summed E-state index contributed by atoms with van der Waals surface area (Å²) < 4.78 is 4.92. The van der Waals surface area contributed by atoms with E-state index in [0.29, 0.717) is 12.3 Å². The Labute approximate surface area is 65.4 Å². The molecule has 0 radical (unpaired) electrons. The molecule has 0 unspecified atom stereocenters. The van der Waals surface area contributed by atoms with Crippen LogP contribution >= 0.6 is 0 Å². The summed E-state index contributed by atoms with van der Waals surface area (Å²) in [6, 6.07) is 4.95. The second-order valence-corrected chi connectivity index (χ2v) is 2.24. The predicted molar refractivity (Wildman–Crippen MR) is 42.6 cm³/mol. The summed E-state index contributed by atoms with van der Waals surface area (Å²) in [4.78, 5) is 0. The van der Waals surface area contributed by atoms with E-state index in [1.54, 1.807) is 25.3 Å². The molecule has 11 heavy (non-hydrogen) atoms. The third kappa shape index (κ3) is 1.85. The number of hydrogen-bond acceptors (Lipinski definition) is 3. The van der Waals surface area contributed by atoms with Gasteiger partial charge in [-0.05, 0) is 17.7 Å². The van der Waals surface area contributed by atoms with E-state index >= 15 is 0 Å². The summed E-state index contributed by atoms with van der Waals surface area (Å²) in [5.74, 6) is 0.815. The number of aromatic hydroxyl groups is 1. The molecule has 0 saturated heterocycles. The lowest BCUT2D eigenvalue weighted by Crippen LogP contribution is -1.96. The molecule has 0 bridgehead atoms. The largest absolute Gasteiger partial charge is 0.508 e. The second kappa shape index (κ2) is 3.25. The summed E-state index contributed by atoms with van der Waals surface area (Å²) in [5, 5.41) is 9.12. The summed E-state index contributed by atoms with van der Waals surface area (Å²) in [6.45, 7) is 0.408. The fourth-order valence-corrected chi connectivity index (χ4v) is 0.879. The van der Waals surface area contributed by atoms with Crippen LogP contribution in [-0.2, 0) is 6.54 Å². The monoisotopic (exact) mass is 153 g/mol. The highest BCUT2D eigenvalue weighted by molar-refractivity contribution is 5.37. The average molecular weight is 153 g/mol. The lowest BCUT2D eigenvalue weighted by Gasteiger charge is -2.02. The first-order valence-electron chi connectivity index (χ1n) is 3.33. The molecule has 3 heteroatoms. The topological polar surface area (TPSA) is 55.5 Å². The molecule has 3 nitrogen and oxygen atoms in total. The maximum absolute atomic E-state index is 9.12. The number of phenols is 1. The number of benzene rings is 1. The van der Waals surface area contributed by atoms with E-state index < -0.39 is 0 Å². The number of hydrogen-bond donors (Lipinski definition) is 2. The van der Waals surface area contributed by atoms with Crippen molar-refractivity contribution in [3.63, 3.8) is 0 Å². The molecule has 0 spiro atoms. The van der Waals surface area contributed by atoms with E-state index in [-0.39, 0.29) is 5.75 Å². The van der Waals surface area contributed by atoms with Crippen molar-refractivity contribution < 1.29 is 9.84 Å². The Balaban J connectivity index is 3.02. The van der Waals surface area contributed by atoms with Gasteiger partial charge in [0.05, 0.1) is 7.11 Å². The van der Waals surface area contributed by atoms with Gasteiger partial charge >= 0.3 is 0 Å². The Bertz CT molecular complexity index is 226. The van der Waals surface area contributed by atoms with Crippen molar-refractivity contribution in [3.8, 4) is 11.5 Å². The maximum atomic E-state index is 9.12. The van der Waals surface area contributed by atoms with Gasteiger partial charge in [-0.2, -0.15) is 0 Å². The van der Waals surface area contributed by atoms with Gasteiger partial charge in [0.1, 0.15) is 11.5 Å². The highest BCUT2D eigenvalue weighted by atomic mass is 16.5. The van der Waals surface area contributed by atoms with Crippen LogP contribution in [0.5, 0.6) is 11.5 Å². The number of methoxy groups -OCH3 is 1. The predicted octanol–water partition coefficient (Wildman–Crippen LogP) is 0.860. The zero-order valence-corrected chi connectivity index (χ0v) is 6.37. The third-order valence-electron chi connectivity index (χ3n) is 1.42. The quantitative estimate of drug-likeness (QED) is 0.662. The van der Waals surface area contributed by atoms with Crippen molar-refractivity contribution in [2.45, 2.75) is 6.54 Å². The van der Waals surface area contributed by atoms with Crippen LogP contribution in [0, 0.1) is 0 Å². The second-order valence-electron chi connectivity index (χ2n) is 2.24. The number of phenolic OH excluding ortho intramolecular Hbond substituents is 1. The number of ether oxygens (including phenoxy) is 1. The first-order valence-corrected chi connectivity index (χ1v) is 3.33. The molecule has 0 amide bonds. The summed E-state index contributed by atoms with van der Waals surface area (Å²) in [6.07, 6.45) is 0. The molecule has 0 aromatic heterocycles. The molecular formula is C8H11NO2. The average Bonchev–Trinajstić information content (AvgIpc) is 2.03. The van der Waals surface area contributed by atoms with Gasteiger partial charge in [-0.3, -0.25) is 0 Å². The van der Waals surface area contributed by atoms with Crippen molar-refractivity contribution in [1.29, 1.82) is 0 Å². The molecule has 60 valence electrons. The highest BCUT2D eigenvalue weighted by Crippen LogP contribution is 2.20. The number of rotatable bonds is 2. The Hall–Kier alpha value is -1.22. The molecular weight excluding hydrogens is 142 g/mol. The van der Waals surface area contributed by atoms with Gasteiger partial charge in [0.25, 0.3) is 0 Å². The molecule has 1 aromatic rings. The van der Waals surface area contributed by atoms with Crippen LogP contribution in [-0.4, -0.2) is 12.2 Å². The Kier molecular flexibility index (Phi) is 2.33. The number of nitrogens with two attached hydrogens (primary N) is 1.